The Bertz CT molecular complexity index is 1110. The summed E-state index contributed by atoms with van der Waals surface area (Å²) >= 11 is 18.0. The predicted octanol–water partition coefficient (Wildman–Crippen LogP) is 5.31. The summed E-state index contributed by atoms with van der Waals surface area (Å²) in [5.74, 6) is 0.224. The summed E-state index contributed by atoms with van der Waals surface area (Å²) in [7, 11) is -3.78. The fourth-order valence-electron chi connectivity index (χ4n) is 2.57. The Morgan fingerprint density at radius 2 is 1.70 bits per heavy atom. The Hall–Kier alpha value is -1.73. The van der Waals surface area contributed by atoms with Crippen LogP contribution in [-0.4, -0.2) is 18.2 Å². The third-order valence-corrected chi connectivity index (χ3v) is 6.60. The van der Waals surface area contributed by atoms with Gasteiger partial charge in [0.2, 0.25) is 0 Å². The molecule has 142 valence electrons. The van der Waals surface area contributed by atoms with E-state index in [1.165, 1.54) is 0 Å². The summed E-state index contributed by atoms with van der Waals surface area (Å²) in [6.45, 7) is 3.88. The number of rotatable bonds is 5. The minimum absolute atomic E-state index is 0.170. The fourth-order valence-corrected chi connectivity index (χ4v) is 4.41. The SMILES string of the molecule is Cc1cc(S(=O)(=O)Nc2ccn(Cc3ccc(Cl)c(Cl)c3)n2)c(C)cc1Cl. The molecule has 1 heterocycles. The van der Waals surface area contributed by atoms with Crippen LogP contribution < -0.4 is 4.72 Å². The fraction of sp³-hybridized carbons (Fsp3) is 0.167. The lowest BCUT2D eigenvalue weighted by Gasteiger charge is -2.10. The van der Waals surface area contributed by atoms with Crippen LogP contribution in [0.1, 0.15) is 16.7 Å². The Morgan fingerprint density at radius 3 is 2.41 bits per heavy atom. The molecule has 27 heavy (non-hydrogen) atoms. The van der Waals surface area contributed by atoms with E-state index in [0.717, 1.165) is 5.56 Å². The minimum Gasteiger partial charge on any atom is -0.266 e. The molecule has 9 heteroatoms. The molecule has 0 amide bonds. The molecule has 3 aromatic rings. The number of aryl methyl sites for hydroxylation is 2. The molecule has 0 fully saturated rings. The maximum atomic E-state index is 12.7. The van der Waals surface area contributed by atoms with Gasteiger partial charge >= 0.3 is 0 Å². The van der Waals surface area contributed by atoms with Crippen LogP contribution in [0.5, 0.6) is 0 Å². The molecule has 0 radical (unpaired) electrons. The van der Waals surface area contributed by atoms with E-state index in [2.05, 4.69) is 9.82 Å². The molecule has 0 aliphatic heterocycles. The summed E-state index contributed by atoms with van der Waals surface area (Å²) in [6, 6.07) is 10.1. The molecule has 5 nitrogen and oxygen atoms in total. The van der Waals surface area contributed by atoms with Crippen LogP contribution in [0.2, 0.25) is 15.1 Å². The molecule has 0 saturated carbocycles. The van der Waals surface area contributed by atoms with E-state index in [4.69, 9.17) is 34.8 Å². The topological polar surface area (TPSA) is 64.0 Å². The lowest BCUT2D eigenvalue weighted by atomic mass is 10.2. The highest BCUT2D eigenvalue weighted by Gasteiger charge is 2.19. The molecule has 0 saturated heterocycles. The van der Waals surface area contributed by atoms with Gasteiger partial charge < -0.3 is 0 Å². The monoisotopic (exact) mass is 443 g/mol. The van der Waals surface area contributed by atoms with Crippen LogP contribution in [0, 0.1) is 13.8 Å². The summed E-state index contributed by atoms with van der Waals surface area (Å²) in [6.07, 6.45) is 1.68. The summed E-state index contributed by atoms with van der Waals surface area (Å²) in [5, 5.41) is 5.72. The van der Waals surface area contributed by atoms with Crippen molar-refractivity contribution in [1.82, 2.24) is 9.78 Å². The van der Waals surface area contributed by atoms with Crippen molar-refractivity contribution < 1.29 is 8.42 Å². The van der Waals surface area contributed by atoms with Gasteiger partial charge in [-0.2, -0.15) is 5.10 Å². The number of nitrogens with zero attached hydrogens (tertiary/aromatic N) is 2. The molecule has 2 aromatic carbocycles. The molecule has 0 atom stereocenters. The third-order valence-electron chi connectivity index (χ3n) is 3.95. The van der Waals surface area contributed by atoms with E-state index in [9.17, 15) is 8.42 Å². The van der Waals surface area contributed by atoms with Crippen LogP contribution >= 0.6 is 34.8 Å². The van der Waals surface area contributed by atoms with E-state index in [1.54, 1.807) is 55.1 Å². The Kier molecular flexibility index (Phi) is 5.72. The smallest absolute Gasteiger partial charge is 0.263 e. The van der Waals surface area contributed by atoms with Crippen molar-refractivity contribution >= 4 is 50.6 Å². The highest BCUT2D eigenvalue weighted by molar-refractivity contribution is 7.92. The van der Waals surface area contributed by atoms with Gasteiger partial charge in [-0.05, 0) is 54.8 Å². The first-order valence-electron chi connectivity index (χ1n) is 7.92. The first-order chi connectivity index (χ1) is 12.7. The van der Waals surface area contributed by atoms with Crippen LogP contribution in [0.3, 0.4) is 0 Å². The Labute approximate surface area is 172 Å². The maximum absolute atomic E-state index is 12.7. The summed E-state index contributed by atoms with van der Waals surface area (Å²) < 4.78 is 29.5. The second kappa shape index (κ2) is 7.72. The van der Waals surface area contributed by atoms with Crippen molar-refractivity contribution in [3.63, 3.8) is 0 Å². The van der Waals surface area contributed by atoms with Crippen LogP contribution in [-0.2, 0) is 16.6 Å². The molecular weight excluding hydrogens is 429 g/mol. The van der Waals surface area contributed by atoms with E-state index < -0.39 is 10.0 Å². The molecule has 1 aromatic heterocycles. The number of sulfonamides is 1. The number of halogens is 3. The van der Waals surface area contributed by atoms with Gasteiger partial charge in [0, 0.05) is 17.3 Å². The Morgan fingerprint density at radius 1 is 0.963 bits per heavy atom. The van der Waals surface area contributed by atoms with E-state index in [1.807, 2.05) is 6.07 Å². The zero-order valence-corrected chi connectivity index (χ0v) is 17.6. The van der Waals surface area contributed by atoms with Gasteiger partial charge in [-0.15, -0.1) is 0 Å². The van der Waals surface area contributed by atoms with Gasteiger partial charge in [0.1, 0.15) is 0 Å². The second-order valence-corrected chi connectivity index (χ2v) is 8.99. The highest BCUT2D eigenvalue weighted by atomic mass is 35.5. The number of nitrogens with one attached hydrogen (secondary N) is 1. The van der Waals surface area contributed by atoms with Gasteiger partial charge in [-0.1, -0.05) is 40.9 Å². The second-order valence-electron chi connectivity index (χ2n) is 6.12. The molecule has 0 unspecified atom stereocenters. The normalized spacial score (nSPS) is 11.6. The first kappa shape index (κ1) is 20.0. The van der Waals surface area contributed by atoms with Crippen molar-refractivity contribution in [2.24, 2.45) is 0 Å². The molecule has 0 aliphatic carbocycles. The first-order valence-corrected chi connectivity index (χ1v) is 10.5. The van der Waals surface area contributed by atoms with Gasteiger partial charge in [0.25, 0.3) is 10.0 Å². The van der Waals surface area contributed by atoms with E-state index in [-0.39, 0.29) is 10.7 Å². The van der Waals surface area contributed by atoms with Crippen molar-refractivity contribution in [3.05, 3.63) is 74.4 Å². The number of hydrogen-bond donors (Lipinski definition) is 1. The number of benzene rings is 2. The molecular formula is C18H16Cl3N3O2S. The number of aromatic nitrogens is 2. The quantitative estimate of drug-likeness (QED) is 0.580. The van der Waals surface area contributed by atoms with Gasteiger partial charge in [-0.3, -0.25) is 9.40 Å². The van der Waals surface area contributed by atoms with E-state index >= 15 is 0 Å². The molecule has 1 N–H and O–H groups in total. The lowest BCUT2D eigenvalue weighted by molar-refractivity contribution is 0.600. The average molecular weight is 445 g/mol. The Balaban J connectivity index is 1.80. The minimum atomic E-state index is -3.78. The van der Waals surface area contributed by atoms with Gasteiger partial charge in [0.05, 0.1) is 21.5 Å². The van der Waals surface area contributed by atoms with Crippen LogP contribution in [0.15, 0.2) is 47.5 Å². The van der Waals surface area contributed by atoms with Gasteiger partial charge in [-0.25, -0.2) is 8.42 Å². The summed E-state index contributed by atoms with van der Waals surface area (Å²) in [4.78, 5) is 0.170. The lowest BCUT2D eigenvalue weighted by Crippen LogP contribution is -2.15. The van der Waals surface area contributed by atoms with Crippen molar-refractivity contribution in [3.8, 4) is 0 Å². The maximum Gasteiger partial charge on any atom is 0.263 e. The molecule has 3 rings (SSSR count). The molecule has 0 aliphatic rings. The summed E-state index contributed by atoms with van der Waals surface area (Å²) in [5.41, 5.74) is 2.15. The average Bonchev–Trinajstić information content (AvgIpc) is 3.00. The third kappa shape index (κ3) is 4.58. The zero-order valence-electron chi connectivity index (χ0n) is 14.5. The molecule has 0 spiro atoms. The zero-order chi connectivity index (χ0) is 19.8. The van der Waals surface area contributed by atoms with Crippen molar-refractivity contribution in [2.45, 2.75) is 25.3 Å². The number of hydrogen-bond acceptors (Lipinski definition) is 3. The van der Waals surface area contributed by atoms with Crippen LogP contribution in [0.25, 0.3) is 0 Å². The van der Waals surface area contributed by atoms with Crippen molar-refractivity contribution in [2.75, 3.05) is 4.72 Å². The highest BCUT2D eigenvalue weighted by Crippen LogP contribution is 2.26. The molecule has 0 bridgehead atoms. The van der Waals surface area contributed by atoms with Gasteiger partial charge in [0.15, 0.2) is 5.82 Å². The largest absolute Gasteiger partial charge is 0.266 e. The standard InChI is InChI=1S/C18H16Cl3N3O2S/c1-11-8-17(12(2)7-15(11)20)27(25,26)23-18-5-6-24(22-18)10-13-3-4-14(19)16(21)9-13/h3-9H,10H2,1-2H3,(H,22,23). The number of anilines is 1. The van der Waals surface area contributed by atoms with Crippen molar-refractivity contribution in [1.29, 1.82) is 0 Å². The predicted molar refractivity (Wildman–Crippen MR) is 110 cm³/mol. The van der Waals surface area contributed by atoms with Crippen LogP contribution in [0.4, 0.5) is 5.82 Å². The van der Waals surface area contributed by atoms with E-state index in [0.29, 0.717) is 32.7 Å².